The van der Waals surface area contributed by atoms with E-state index in [4.69, 9.17) is 11.6 Å². The molecule has 3 rings (SSSR count). The van der Waals surface area contributed by atoms with Gasteiger partial charge in [0, 0.05) is 16.7 Å². The molecule has 6 heteroatoms. The van der Waals surface area contributed by atoms with Gasteiger partial charge < -0.3 is 5.32 Å². The quantitative estimate of drug-likeness (QED) is 0.751. The number of hydrogen-bond acceptors (Lipinski definition) is 3. The molecule has 0 aliphatic heterocycles. The maximum Gasteiger partial charge on any atom is 0.138 e. The van der Waals surface area contributed by atoms with Crippen LogP contribution in [0.2, 0.25) is 5.02 Å². The number of aromatic nitrogens is 3. The van der Waals surface area contributed by atoms with Crippen molar-refractivity contribution in [2.24, 2.45) is 0 Å². The summed E-state index contributed by atoms with van der Waals surface area (Å²) < 4.78 is 2.63. The summed E-state index contributed by atoms with van der Waals surface area (Å²) in [5, 5.41) is 8.18. The smallest absolute Gasteiger partial charge is 0.138 e. The minimum absolute atomic E-state index is 0.718. The van der Waals surface area contributed by atoms with E-state index >= 15 is 0 Å². The number of nitrogens with one attached hydrogen (secondary N) is 1. The van der Waals surface area contributed by atoms with Gasteiger partial charge in [0.1, 0.15) is 12.7 Å². The average Bonchev–Trinajstić information content (AvgIpc) is 3.03. The summed E-state index contributed by atoms with van der Waals surface area (Å²) >= 11 is 9.41. The lowest BCUT2D eigenvalue weighted by Gasteiger charge is -2.08. The van der Waals surface area contributed by atoms with Crippen LogP contribution in [0.3, 0.4) is 0 Å². The molecule has 0 radical (unpaired) electrons. The summed E-state index contributed by atoms with van der Waals surface area (Å²) in [5.41, 5.74) is 3.18. The summed E-state index contributed by atoms with van der Waals surface area (Å²) in [6.45, 7) is 0.735. The van der Waals surface area contributed by atoms with E-state index in [1.54, 1.807) is 11.0 Å². The topological polar surface area (TPSA) is 42.7 Å². The van der Waals surface area contributed by atoms with Crippen LogP contribution in [-0.4, -0.2) is 14.8 Å². The molecule has 2 aromatic carbocycles. The molecule has 106 valence electrons. The van der Waals surface area contributed by atoms with Gasteiger partial charge in [0.2, 0.25) is 0 Å². The Balaban J connectivity index is 1.66. The first-order valence-electron chi connectivity index (χ1n) is 6.35. The summed E-state index contributed by atoms with van der Waals surface area (Å²) in [6.07, 6.45) is 3.19. The van der Waals surface area contributed by atoms with E-state index in [1.807, 2.05) is 42.5 Å². The molecule has 0 aliphatic carbocycles. The number of rotatable bonds is 4. The van der Waals surface area contributed by atoms with Crippen LogP contribution in [0, 0.1) is 0 Å². The molecule has 0 bridgehead atoms. The third-order valence-electron chi connectivity index (χ3n) is 3.03. The third-order valence-corrected chi connectivity index (χ3v) is 4.25. The molecule has 0 unspecified atom stereocenters. The Morgan fingerprint density at radius 2 is 1.95 bits per heavy atom. The first-order valence-corrected chi connectivity index (χ1v) is 7.52. The largest absolute Gasteiger partial charge is 0.381 e. The maximum atomic E-state index is 5.98. The van der Waals surface area contributed by atoms with Gasteiger partial charge in [-0.15, -0.1) is 0 Å². The molecule has 0 spiro atoms. The minimum atomic E-state index is 0.718. The van der Waals surface area contributed by atoms with Gasteiger partial charge in [0.25, 0.3) is 0 Å². The van der Waals surface area contributed by atoms with Crippen molar-refractivity contribution in [2.75, 3.05) is 5.32 Å². The Morgan fingerprint density at radius 1 is 1.14 bits per heavy atom. The second kappa shape index (κ2) is 6.28. The summed E-state index contributed by atoms with van der Waals surface area (Å²) in [5.74, 6) is 0. The first-order chi connectivity index (χ1) is 10.2. The fourth-order valence-electron chi connectivity index (χ4n) is 1.93. The predicted octanol–water partition coefficient (Wildman–Crippen LogP) is 4.30. The molecule has 0 fully saturated rings. The van der Waals surface area contributed by atoms with E-state index in [9.17, 15) is 0 Å². The van der Waals surface area contributed by atoms with E-state index in [1.165, 1.54) is 6.33 Å². The Morgan fingerprint density at radius 3 is 2.62 bits per heavy atom. The zero-order valence-corrected chi connectivity index (χ0v) is 13.3. The molecule has 0 saturated heterocycles. The first kappa shape index (κ1) is 14.1. The highest BCUT2D eigenvalue weighted by Crippen LogP contribution is 2.23. The number of anilines is 1. The van der Waals surface area contributed by atoms with Crippen LogP contribution < -0.4 is 5.32 Å². The number of benzene rings is 2. The van der Waals surface area contributed by atoms with Gasteiger partial charge in [-0.3, -0.25) is 0 Å². The molecule has 4 nitrogen and oxygen atoms in total. The SMILES string of the molecule is Clc1ccc(CNc2ccc(-n3cncn3)cc2)cc1Br. The van der Waals surface area contributed by atoms with Gasteiger partial charge in [-0.1, -0.05) is 17.7 Å². The monoisotopic (exact) mass is 362 g/mol. The van der Waals surface area contributed by atoms with Crippen molar-refractivity contribution in [1.29, 1.82) is 0 Å². The molecule has 0 saturated carbocycles. The summed E-state index contributed by atoms with van der Waals surface area (Å²) in [4.78, 5) is 3.93. The van der Waals surface area contributed by atoms with Gasteiger partial charge in [0.15, 0.2) is 0 Å². The van der Waals surface area contributed by atoms with Crippen LogP contribution in [0.25, 0.3) is 5.69 Å². The lowest BCUT2D eigenvalue weighted by molar-refractivity contribution is 0.879. The van der Waals surface area contributed by atoms with Crippen molar-refractivity contribution in [1.82, 2.24) is 14.8 Å². The zero-order chi connectivity index (χ0) is 14.7. The minimum Gasteiger partial charge on any atom is -0.381 e. The molecule has 1 N–H and O–H groups in total. The van der Waals surface area contributed by atoms with E-state index in [0.717, 1.165) is 33.0 Å². The number of nitrogens with zero attached hydrogens (tertiary/aromatic N) is 3. The maximum absolute atomic E-state index is 5.98. The Kier molecular flexibility index (Phi) is 4.22. The highest BCUT2D eigenvalue weighted by molar-refractivity contribution is 9.10. The number of hydrogen-bond donors (Lipinski definition) is 1. The average molecular weight is 364 g/mol. The third kappa shape index (κ3) is 3.43. The second-order valence-corrected chi connectivity index (χ2v) is 5.75. The van der Waals surface area contributed by atoms with Crippen molar-refractivity contribution in [3.05, 3.63) is 70.2 Å². The molecular formula is C15H12BrClN4. The molecule has 1 heterocycles. The van der Waals surface area contributed by atoms with Crippen LogP contribution >= 0.6 is 27.5 Å². The highest BCUT2D eigenvalue weighted by atomic mass is 79.9. The molecule has 3 aromatic rings. The Labute approximate surface area is 135 Å². The van der Waals surface area contributed by atoms with Gasteiger partial charge >= 0.3 is 0 Å². The van der Waals surface area contributed by atoms with Gasteiger partial charge in [-0.25, -0.2) is 9.67 Å². The molecule has 0 atom stereocenters. The van der Waals surface area contributed by atoms with Crippen LogP contribution in [0.15, 0.2) is 59.6 Å². The van der Waals surface area contributed by atoms with Crippen LogP contribution in [-0.2, 0) is 6.54 Å². The fourth-order valence-corrected chi connectivity index (χ4v) is 2.47. The van der Waals surface area contributed by atoms with E-state index < -0.39 is 0 Å². The summed E-state index contributed by atoms with van der Waals surface area (Å²) in [7, 11) is 0. The van der Waals surface area contributed by atoms with Gasteiger partial charge in [0.05, 0.1) is 10.7 Å². The normalized spacial score (nSPS) is 10.6. The molecule has 0 aliphatic rings. The van der Waals surface area contributed by atoms with Gasteiger partial charge in [-0.05, 0) is 57.9 Å². The lowest BCUT2D eigenvalue weighted by Crippen LogP contribution is -2.00. The van der Waals surface area contributed by atoms with Crippen molar-refractivity contribution >= 4 is 33.2 Å². The summed E-state index contributed by atoms with van der Waals surface area (Å²) in [6, 6.07) is 13.9. The van der Waals surface area contributed by atoms with E-state index in [0.29, 0.717) is 0 Å². The van der Waals surface area contributed by atoms with Crippen LogP contribution in [0.5, 0.6) is 0 Å². The molecule has 0 amide bonds. The standard InChI is InChI=1S/C15H12BrClN4/c16-14-7-11(1-6-15(14)17)8-19-12-2-4-13(5-3-12)21-10-18-9-20-21/h1-7,9-10,19H,8H2. The van der Waals surface area contributed by atoms with Crippen molar-refractivity contribution in [2.45, 2.75) is 6.54 Å². The Bertz CT molecular complexity index is 726. The van der Waals surface area contributed by atoms with Crippen LogP contribution in [0.1, 0.15) is 5.56 Å². The second-order valence-electron chi connectivity index (χ2n) is 4.49. The highest BCUT2D eigenvalue weighted by Gasteiger charge is 2.00. The zero-order valence-electron chi connectivity index (χ0n) is 11.0. The Hall–Kier alpha value is -1.85. The van der Waals surface area contributed by atoms with E-state index in [-0.39, 0.29) is 0 Å². The molecular weight excluding hydrogens is 352 g/mol. The molecule has 1 aromatic heterocycles. The lowest BCUT2D eigenvalue weighted by atomic mass is 10.2. The van der Waals surface area contributed by atoms with Crippen LogP contribution in [0.4, 0.5) is 5.69 Å². The predicted molar refractivity (Wildman–Crippen MR) is 87.8 cm³/mol. The van der Waals surface area contributed by atoms with Gasteiger partial charge in [-0.2, -0.15) is 5.10 Å². The van der Waals surface area contributed by atoms with Crippen molar-refractivity contribution in [3.8, 4) is 5.69 Å². The fraction of sp³-hybridized carbons (Fsp3) is 0.0667. The van der Waals surface area contributed by atoms with Crippen molar-refractivity contribution in [3.63, 3.8) is 0 Å². The molecule has 21 heavy (non-hydrogen) atoms. The van der Waals surface area contributed by atoms with E-state index in [2.05, 4.69) is 31.3 Å². The number of halogens is 2. The van der Waals surface area contributed by atoms with Crippen molar-refractivity contribution < 1.29 is 0 Å².